The van der Waals surface area contributed by atoms with E-state index in [4.69, 9.17) is 0 Å². The zero-order chi connectivity index (χ0) is 14.2. The van der Waals surface area contributed by atoms with Gasteiger partial charge in [0.1, 0.15) is 10.7 Å². The molecule has 0 radical (unpaired) electrons. The Bertz CT molecular complexity index is 380. The molecule has 0 aliphatic carbocycles. The Balaban J connectivity index is 1.85. The lowest BCUT2D eigenvalue weighted by atomic mass is 9.96. The number of nitrogens with one attached hydrogen (secondary N) is 1. The van der Waals surface area contributed by atoms with Crippen LogP contribution in [0.2, 0.25) is 0 Å². The molecule has 114 valence electrons. The highest BCUT2D eigenvalue weighted by atomic mass is 32.1. The highest BCUT2D eigenvalue weighted by molar-refractivity contribution is 7.10. The number of hydrogen-bond acceptors (Lipinski definition) is 5. The maximum atomic E-state index is 4.31. The lowest BCUT2D eigenvalue weighted by Gasteiger charge is -2.19. The van der Waals surface area contributed by atoms with Crippen molar-refractivity contribution in [3.63, 3.8) is 0 Å². The molecule has 1 aliphatic heterocycles. The van der Waals surface area contributed by atoms with E-state index in [9.17, 15) is 0 Å². The Labute approximate surface area is 127 Å². The summed E-state index contributed by atoms with van der Waals surface area (Å²) in [5.74, 6) is 0.941. The van der Waals surface area contributed by atoms with Gasteiger partial charge in [-0.15, -0.1) is 5.10 Å². The molecule has 1 fully saturated rings. The zero-order valence-electron chi connectivity index (χ0n) is 12.9. The first kappa shape index (κ1) is 15.7. The van der Waals surface area contributed by atoms with Crippen LogP contribution in [0.3, 0.4) is 0 Å². The number of hydrogen-bond donors (Lipinski definition) is 1. The number of nitrogens with zero attached hydrogens (tertiary/aromatic N) is 3. The molecule has 0 aromatic carbocycles. The standard InChI is InChI=1S/C15H28N4S/c1-3-6-13-7-5-10-19(11-8-13)12-14-15(16-9-4-2)20-18-17-14/h13,16H,3-12H2,1-2H3. The highest BCUT2D eigenvalue weighted by Gasteiger charge is 2.18. The topological polar surface area (TPSA) is 41.1 Å². The van der Waals surface area contributed by atoms with Crippen LogP contribution in [0.4, 0.5) is 5.00 Å². The first-order chi connectivity index (χ1) is 9.83. The van der Waals surface area contributed by atoms with E-state index in [2.05, 4.69) is 33.7 Å². The van der Waals surface area contributed by atoms with Gasteiger partial charge in [0.05, 0.1) is 0 Å². The summed E-state index contributed by atoms with van der Waals surface area (Å²) < 4.78 is 4.11. The predicted molar refractivity (Wildman–Crippen MR) is 86.2 cm³/mol. The van der Waals surface area contributed by atoms with E-state index in [-0.39, 0.29) is 0 Å². The second-order valence-electron chi connectivity index (χ2n) is 5.84. The molecule has 20 heavy (non-hydrogen) atoms. The minimum atomic E-state index is 0.941. The number of likely N-dealkylation sites (tertiary alicyclic amines) is 1. The maximum Gasteiger partial charge on any atom is 0.134 e. The van der Waals surface area contributed by atoms with Gasteiger partial charge in [0, 0.05) is 24.6 Å². The molecule has 5 heteroatoms. The third-order valence-electron chi connectivity index (χ3n) is 4.10. The van der Waals surface area contributed by atoms with Crippen LogP contribution in [0.1, 0.15) is 58.1 Å². The van der Waals surface area contributed by atoms with E-state index in [1.54, 1.807) is 0 Å². The van der Waals surface area contributed by atoms with Gasteiger partial charge < -0.3 is 5.32 Å². The van der Waals surface area contributed by atoms with Gasteiger partial charge in [0.2, 0.25) is 0 Å². The van der Waals surface area contributed by atoms with Gasteiger partial charge in [-0.1, -0.05) is 31.2 Å². The van der Waals surface area contributed by atoms with Crippen LogP contribution in [0.5, 0.6) is 0 Å². The van der Waals surface area contributed by atoms with Gasteiger partial charge in [-0.2, -0.15) is 0 Å². The molecule has 4 nitrogen and oxygen atoms in total. The summed E-state index contributed by atoms with van der Waals surface area (Å²) in [7, 11) is 0. The highest BCUT2D eigenvalue weighted by Crippen LogP contribution is 2.24. The van der Waals surface area contributed by atoms with Crippen molar-refractivity contribution in [1.29, 1.82) is 0 Å². The third-order valence-corrected chi connectivity index (χ3v) is 4.83. The van der Waals surface area contributed by atoms with E-state index < -0.39 is 0 Å². The minimum Gasteiger partial charge on any atom is -0.374 e. The first-order valence-corrected chi connectivity index (χ1v) is 8.88. The van der Waals surface area contributed by atoms with Crippen LogP contribution in [0.15, 0.2) is 0 Å². The Morgan fingerprint density at radius 1 is 1.25 bits per heavy atom. The average molecular weight is 296 g/mol. The molecular weight excluding hydrogens is 268 g/mol. The van der Waals surface area contributed by atoms with E-state index >= 15 is 0 Å². The number of anilines is 1. The largest absolute Gasteiger partial charge is 0.374 e. The normalized spacial score (nSPS) is 20.8. The average Bonchev–Trinajstić information content (AvgIpc) is 2.77. The van der Waals surface area contributed by atoms with Gasteiger partial charge in [0.15, 0.2) is 0 Å². The Morgan fingerprint density at radius 2 is 2.15 bits per heavy atom. The summed E-state index contributed by atoms with van der Waals surface area (Å²) in [6.07, 6.45) is 7.95. The first-order valence-electron chi connectivity index (χ1n) is 8.11. The van der Waals surface area contributed by atoms with E-state index in [1.807, 2.05) is 0 Å². The third kappa shape index (κ3) is 4.70. The second-order valence-corrected chi connectivity index (χ2v) is 6.59. The zero-order valence-corrected chi connectivity index (χ0v) is 13.7. The van der Waals surface area contributed by atoms with Crippen LogP contribution in [0, 0.1) is 5.92 Å². The van der Waals surface area contributed by atoms with Crippen molar-refractivity contribution in [1.82, 2.24) is 14.5 Å². The summed E-state index contributed by atoms with van der Waals surface area (Å²) in [6.45, 7) is 8.89. The molecule has 0 amide bonds. The molecule has 1 unspecified atom stereocenters. The van der Waals surface area contributed by atoms with E-state index in [0.29, 0.717) is 0 Å². The smallest absolute Gasteiger partial charge is 0.134 e. The van der Waals surface area contributed by atoms with Gasteiger partial charge in [0.25, 0.3) is 0 Å². The molecule has 0 bridgehead atoms. The molecule has 0 saturated carbocycles. The van der Waals surface area contributed by atoms with Crippen molar-refractivity contribution in [2.75, 3.05) is 25.0 Å². The van der Waals surface area contributed by atoms with Crippen molar-refractivity contribution < 1.29 is 0 Å². The van der Waals surface area contributed by atoms with Crippen LogP contribution in [-0.4, -0.2) is 34.1 Å². The summed E-state index contributed by atoms with van der Waals surface area (Å²) in [5, 5.41) is 8.93. The molecule has 0 spiro atoms. The molecular formula is C15H28N4S. The summed E-state index contributed by atoms with van der Waals surface area (Å²) >= 11 is 1.49. The SMILES string of the molecule is CCCNc1snnc1CN1CCCC(CCC)CC1. The molecule has 2 rings (SSSR count). The fraction of sp³-hybridized carbons (Fsp3) is 0.867. The molecule has 1 atom stereocenters. The van der Waals surface area contributed by atoms with Crippen molar-refractivity contribution in [2.24, 2.45) is 5.92 Å². The van der Waals surface area contributed by atoms with Crippen LogP contribution < -0.4 is 5.32 Å². The fourth-order valence-corrected chi connectivity index (χ4v) is 3.57. The number of aromatic nitrogens is 2. The van der Waals surface area contributed by atoms with E-state index in [1.165, 1.54) is 61.7 Å². The maximum absolute atomic E-state index is 4.31. The van der Waals surface area contributed by atoms with Crippen LogP contribution in [-0.2, 0) is 6.54 Å². The monoisotopic (exact) mass is 296 g/mol. The quantitative estimate of drug-likeness (QED) is 0.831. The molecule has 1 saturated heterocycles. The van der Waals surface area contributed by atoms with E-state index in [0.717, 1.165) is 31.1 Å². The lowest BCUT2D eigenvalue weighted by molar-refractivity contribution is 0.268. The Morgan fingerprint density at radius 3 is 2.95 bits per heavy atom. The van der Waals surface area contributed by atoms with Gasteiger partial charge in [-0.25, -0.2) is 0 Å². The predicted octanol–water partition coefficient (Wildman–Crippen LogP) is 3.76. The van der Waals surface area contributed by atoms with Crippen molar-refractivity contribution in [2.45, 2.75) is 58.9 Å². The van der Waals surface area contributed by atoms with Crippen molar-refractivity contribution >= 4 is 16.5 Å². The number of rotatable bonds is 7. The molecule has 1 aromatic rings. The molecule has 1 aromatic heterocycles. The molecule has 1 aliphatic rings. The second kappa shape index (κ2) is 8.57. The molecule has 2 heterocycles. The van der Waals surface area contributed by atoms with Crippen molar-refractivity contribution in [3.8, 4) is 0 Å². The van der Waals surface area contributed by atoms with Crippen LogP contribution >= 0.6 is 11.5 Å². The lowest BCUT2D eigenvalue weighted by Crippen LogP contribution is -2.25. The Hall–Kier alpha value is -0.680. The summed E-state index contributed by atoms with van der Waals surface area (Å²) in [4.78, 5) is 2.56. The molecule has 1 N–H and O–H groups in total. The van der Waals surface area contributed by atoms with Gasteiger partial charge >= 0.3 is 0 Å². The van der Waals surface area contributed by atoms with Crippen LogP contribution in [0.25, 0.3) is 0 Å². The Kier molecular flexibility index (Phi) is 6.73. The summed E-state index contributed by atoms with van der Waals surface area (Å²) in [6, 6.07) is 0. The van der Waals surface area contributed by atoms with Gasteiger partial charge in [-0.05, 0) is 44.7 Å². The van der Waals surface area contributed by atoms with Crippen molar-refractivity contribution in [3.05, 3.63) is 5.69 Å². The fourth-order valence-electron chi connectivity index (χ4n) is 2.98. The summed E-state index contributed by atoms with van der Waals surface area (Å²) in [5.41, 5.74) is 1.14. The minimum absolute atomic E-state index is 0.941. The van der Waals surface area contributed by atoms with Gasteiger partial charge in [-0.3, -0.25) is 4.90 Å².